The summed E-state index contributed by atoms with van der Waals surface area (Å²) in [5.41, 5.74) is 1.97. The van der Waals surface area contributed by atoms with Gasteiger partial charge < -0.3 is 0 Å². The topological polar surface area (TPSA) is 39.9 Å². The third kappa shape index (κ3) is 1.88. The van der Waals surface area contributed by atoms with Crippen molar-refractivity contribution in [3.63, 3.8) is 0 Å². The highest BCUT2D eigenvalue weighted by Gasteiger charge is 2.12. The minimum absolute atomic E-state index is 0.204. The van der Waals surface area contributed by atoms with Gasteiger partial charge in [0.25, 0.3) is 0 Å². The molecule has 1 aromatic carbocycles. The molecule has 80 valence electrons. The molecule has 0 bridgehead atoms. The second-order valence-corrected chi connectivity index (χ2v) is 3.95. The average Bonchev–Trinajstić information content (AvgIpc) is 2.29. The summed E-state index contributed by atoms with van der Waals surface area (Å²) in [6.07, 6.45) is 1.77. The maximum absolute atomic E-state index is 9.11. The highest BCUT2D eigenvalue weighted by Crippen LogP contribution is 2.21. The van der Waals surface area contributed by atoms with Crippen LogP contribution < -0.4 is 0 Å². The average molecular weight is 211 g/mol. The lowest BCUT2D eigenvalue weighted by atomic mass is 10.0. The van der Waals surface area contributed by atoms with Gasteiger partial charge in [0, 0.05) is 11.6 Å². The van der Waals surface area contributed by atoms with Gasteiger partial charge in [-0.25, -0.2) is 0 Å². The van der Waals surface area contributed by atoms with Crippen LogP contribution in [0, 0.1) is 11.3 Å². The maximum atomic E-state index is 9.11. The molecule has 1 heterocycles. The number of aromatic nitrogens is 1. The third-order valence-electron chi connectivity index (χ3n) is 2.58. The number of hydrogen-bond acceptors (Lipinski definition) is 3. The molecule has 0 fully saturated rings. The standard InChI is InChI=1S/C13H13N3/c1-16(2)13(9-14)11-5-6-12-10(8-11)4-3-7-15-12/h3-8,13H,1-2H3. The fourth-order valence-corrected chi connectivity index (χ4v) is 1.75. The van der Waals surface area contributed by atoms with Crippen molar-refractivity contribution >= 4 is 10.9 Å². The van der Waals surface area contributed by atoms with Crippen molar-refractivity contribution in [1.29, 1.82) is 5.26 Å². The molecule has 0 radical (unpaired) electrons. The van der Waals surface area contributed by atoms with E-state index in [2.05, 4.69) is 11.1 Å². The van der Waals surface area contributed by atoms with Crippen LogP contribution in [0.5, 0.6) is 0 Å². The minimum atomic E-state index is -0.204. The van der Waals surface area contributed by atoms with Gasteiger partial charge in [-0.1, -0.05) is 12.1 Å². The fraction of sp³-hybridized carbons (Fsp3) is 0.231. The molecule has 0 spiro atoms. The fourth-order valence-electron chi connectivity index (χ4n) is 1.75. The quantitative estimate of drug-likeness (QED) is 0.765. The lowest BCUT2D eigenvalue weighted by molar-refractivity contribution is 0.358. The van der Waals surface area contributed by atoms with E-state index in [1.807, 2.05) is 49.3 Å². The van der Waals surface area contributed by atoms with Gasteiger partial charge in [0.05, 0.1) is 11.6 Å². The zero-order valence-corrected chi connectivity index (χ0v) is 9.38. The molecule has 16 heavy (non-hydrogen) atoms. The Kier molecular flexibility index (Phi) is 2.84. The van der Waals surface area contributed by atoms with E-state index in [4.69, 9.17) is 5.26 Å². The van der Waals surface area contributed by atoms with Crippen molar-refractivity contribution in [3.05, 3.63) is 42.1 Å². The molecule has 3 nitrogen and oxygen atoms in total. The predicted molar refractivity (Wildman–Crippen MR) is 63.8 cm³/mol. The second-order valence-electron chi connectivity index (χ2n) is 3.95. The lowest BCUT2D eigenvalue weighted by Crippen LogP contribution is -2.18. The number of pyridine rings is 1. The first-order chi connectivity index (χ1) is 7.72. The summed E-state index contributed by atoms with van der Waals surface area (Å²) in [6.45, 7) is 0. The molecule has 0 saturated carbocycles. The van der Waals surface area contributed by atoms with Gasteiger partial charge in [-0.05, 0) is 37.9 Å². The predicted octanol–water partition coefficient (Wildman–Crippen LogP) is 2.36. The first-order valence-corrected chi connectivity index (χ1v) is 5.13. The van der Waals surface area contributed by atoms with Crippen LogP contribution >= 0.6 is 0 Å². The first kappa shape index (κ1) is 10.6. The molecule has 0 amide bonds. The molecule has 1 atom stereocenters. The monoisotopic (exact) mass is 211 g/mol. The van der Waals surface area contributed by atoms with Crippen molar-refractivity contribution in [1.82, 2.24) is 9.88 Å². The summed E-state index contributed by atoms with van der Waals surface area (Å²) in [5, 5.41) is 10.2. The van der Waals surface area contributed by atoms with Crippen LogP contribution in [-0.2, 0) is 0 Å². The summed E-state index contributed by atoms with van der Waals surface area (Å²) >= 11 is 0. The van der Waals surface area contributed by atoms with Crippen LogP contribution in [-0.4, -0.2) is 24.0 Å². The largest absolute Gasteiger partial charge is 0.291 e. The number of rotatable bonds is 2. The summed E-state index contributed by atoms with van der Waals surface area (Å²) in [4.78, 5) is 6.16. The maximum Gasteiger partial charge on any atom is 0.123 e. The van der Waals surface area contributed by atoms with Gasteiger partial charge >= 0.3 is 0 Å². The van der Waals surface area contributed by atoms with E-state index in [-0.39, 0.29) is 6.04 Å². The zero-order chi connectivity index (χ0) is 11.5. The molecule has 2 aromatic rings. The smallest absolute Gasteiger partial charge is 0.123 e. The molecule has 1 unspecified atom stereocenters. The first-order valence-electron chi connectivity index (χ1n) is 5.13. The number of nitriles is 1. The van der Waals surface area contributed by atoms with Crippen molar-refractivity contribution in [2.24, 2.45) is 0 Å². The Morgan fingerprint density at radius 1 is 1.31 bits per heavy atom. The summed E-state index contributed by atoms with van der Waals surface area (Å²) in [7, 11) is 3.81. The summed E-state index contributed by atoms with van der Waals surface area (Å²) < 4.78 is 0. The van der Waals surface area contributed by atoms with Gasteiger partial charge in [-0.15, -0.1) is 0 Å². The number of benzene rings is 1. The Balaban J connectivity index is 2.51. The van der Waals surface area contributed by atoms with E-state index in [1.165, 1.54) is 0 Å². The van der Waals surface area contributed by atoms with Crippen molar-refractivity contribution in [2.75, 3.05) is 14.1 Å². The van der Waals surface area contributed by atoms with E-state index in [1.54, 1.807) is 6.20 Å². The third-order valence-corrected chi connectivity index (χ3v) is 2.58. The van der Waals surface area contributed by atoms with Crippen LogP contribution in [0.25, 0.3) is 10.9 Å². The van der Waals surface area contributed by atoms with Crippen molar-refractivity contribution in [2.45, 2.75) is 6.04 Å². The second kappa shape index (κ2) is 4.30. The van der Waals surface area contributed by atoms with E-state index < -0.39 is 0 Å². The van der Waals surface area contributed by atoms with Crippen molar-refractivity contribution in [3.8, 4) is 6.07 Å². The molecule has 0 saturated heterocycles. The van der Waals surface area contributed by atoms with E-state index in [0.717, 1.165) is 16.5 Å². The molecule has 1 aromatic heterocycles. The molecule has 3 heteroatoms. The minimum Gasteiger partial charge on any atom is -0.291 e. The molecule has 0 N–H and O–H groups in total. The van der Waals surface area contributed by atoms with E-state index >= 15 is 0 Å². The highest BCUT2D eigenvalue weighted by molar-refractivity contribution is 5.79. The highest BCUT2D eigenvalue weighted by atomic mass is 15.1. The van der Waals surface area contributed by atoms with E-state index in [9.17, 15) is 0 Å². The van der Waals surface area contributed by atoms with Gasteiger partial charge in [0.1, 0.15) is 6.04 Å². The van der Waals surface area contributed by atoms with Crippen LogP contribution in [0.4, 0.5) is 0 Å². The van der Waals surface area contributed by atoms with Gasteiger partial charge in [0.15, 0.2) is 0 Å². The Labute approximate surface area is 94.9 Å². The number of fused-ring (bicyclic) bond motifs is 1. The Hall–Kier alpha value is -1.92. The molecule has 0 aliphatic carbocycles. The number of nitrogens with zero attached hydrogens (tertiary/aromatic N) is 3. The molecule has 0 aliphatic rings. The van der Waals surface area contributed by atoms with Crippen molar-refractivity contribution < 1.29 is 0 Å². The Bertz CT molecular complexity index is 540. The molecule has 2 rings (SSSR count). The zero-order valence-electron chi connectivity index (χ0n) is 9.38. The SMILES string of the molecule is CN(C)C(C#N)c1ccc2ncccc2c1. The summed E-state index contributed by atoms with van der Waals surface area (Å²) in [5.74, 6) is 0. The molecular weight excluding hydrogens is 198 g/mol. The summed E-state index contributed by atoms with van der Waals surface area (Å²) in [6, 6.07) is 11.9. The van der Waals surface area contributed by atoms with Crippen LogP contribution in [0.15, 0.2) is 36.5 Å². The normalized spacial score (nSPS) is 12.6. The van der Waals surface area contributed by atoms with E-state index in [0.29, 0.717) is 0 Å². The Morgan fingerprint density at radius 2 is 2.12 bits per heavy atom. The Morgan fingerprint density at radius 3 is 2.81 bits per heavy atom. The molecule has 0 aliphatic heterocycles. The van der Waals surface area contributed by atoms with Gasteiger partial charge in [0.2, 0.25) is 0 Å². The van der Waals surface area contributed by atoms with Crippen LogP contribution in [0.1, 0.15) is 11.6 Å². The molecular formula is C13H13N3. The lowest BCUT2D eigenvalue weighted by Gasteiger charge is -2.17. The van der Waals surface area contributed by atoms with Crippen LogP contribution in [0.2, 0.25) is 0 Å². The number of hydrogen-bond donors (Lipinski definition) is 0. The van der Waals surface area contributed by atoms with Gasteiger partial charge in [-0.3, -0.25) is 9.88 Å². The van der Waals surface area contributed by atoms with Crippen LogP contribution in [0.3, 0.4) is 0 Å². The van der Waals surface area contributed by atoms with Gasteiger partial charge in [-0.2, -0.15) is 5.26 Å².